The van der Waals surface area contributed by atoms with Crippen molar-refractivity contribution in [2.45, 2.75) is 32.7 Å². The molecule has 1 aromatic heterocycles. The summed E-state index contributed by atoms with van der Waals surface area (Å²) in [5.41, 5.74) is 0.586. The molecule has 2 aromatic rings. The monoisotopic (exact) mass is 371 g/mol. The van der Waals surface area contributed by atoms with Crippen LogP contribution in [-0.4, -0.2) is 23.3 Å². The van der Waals surface area contributed by atoms with Gasteiger partial charge in [-0.05, 0) is 37.6 Å². The lowest BCUT2D eigenvalue weighted by atomic mass is 10.0. The number of halogens is 3. The van der Waals surface area contributed by atoms with Crippen molar-refractivity contribution in [2.24, 2.45) is 0 Å². The maximum Gasteiger partial charge on any atom is 0.573 e. The summed E-state index contributed by atoms with van der Waals surface area (Å²) in [6.45, 7) is 3.26. The van der Waals surface area contributed by atoms with E-state index >= 15 is 0 Å². The topological polar surface area (TPSA) is 88.8 Å². The Morgan fingerprint density at radius 1 is 1.23 bits per heavy atom. The van der Waals surface area contributed by atoms with Crippen LogP contribution in [0.5, 0.6) is 5.75 Å². The van der Waals surface area contributed by atoms with E-state index in [1.165, 1.54) is 18.2 Å². The molecule has 9 heteroatoms. The first-order chi connectivity index (χ1) is 12.0. The third-order valence-electron chi connectivity index (χ3n) is 3.49. The van der Waals surface area contributed by atoms with Gasteiger partial charge in [0, 0.05) is 0 Å². The second kappa shape index (κ2) is 7.51. The second-order valence-corrected chi connectivity index (χ2v) is 5.57. The van der Waals surface area contributed by atoms with Crippen molar-refractivity contribution in [3.63, 3.8) is 0 Å². The van der Waals surface area contributed by atoms with Crippen LogP contribution in [0.2, 0.25) is 0 Å². The first kappa shape index (κ1) is 19.4. The molecule has 1 atom stereocenters. The summed E-state index contributed by atoms with van der Waals surface area (Å²) in [5, 5.41) is 11.6. The number of alkyl halides is 3. The van der Waals surface area contributed by atoms with E-state index in [0.717, 1.165) is 12.1 Å². The Kier molecular flexibility index (Phi) is 5.59. The largest absolute Gasteiger partial charge is 0.573 e. The summed E-state index contributed by atoms with van der Waals surface area (Å²) in [5.74, 6) is -1.26. The minimum absolute atomic E-state index is 0.259. The average molecular weight is 371 g/mol. The highest BCUT2D eigenvalue weighted by atomic mass is 19.4. The molecule has 0 radical (unpaired) electrons. The number of aryl methyl sites for hydroxylation is 2. The van der Waals surface area contributed by atoms with Crippen LogP contribution in [0.4, 0.5) is 13.2 Å². The van der Waals surface area contributed by atoms with Crippen LogP contribution in [0.3, 0.4) is 0 Å². The SMILES string of the molecule is Cc1cc(C(=O)NC(CC(=O)O)c2ccc(OC(F)(F)F)cc2)c(C)o1. The van der Waals surface area contributed by atoms with Gasteiger partial charge >= 0.3 is 12.3 Å². The molecule has 0 spiro atoms. The minimum atomic E-state index is -4.83. The van der Waals surface area contributed by atoms with E-state index in [4.69, 9.17) is 9.52 Å². The normalized spacial score (nSPS) is 12.5. The standard InChI is InChI=1S/C17H16F3NO5/c1-9-7-13(10(2)25-9)16(24)21-14(8-15(22)23)11-3-5-12(6-4-11)26-17(18,19)20/h3-7,14H,8H2,1-2H3,(H,21,24)(H,22,23). The number of ether oxygens (including phenoxy) is 1. The Hall–Kier alpha value is -2.97. The van der Waals surface area contributed by atoms with Crippen LogP contribution in [0.25, 0.3) is 0 Å². The Bertz CT molecular complexity index is 796. The zero-order valence-corrected chi connectivity index (χ0v) is 13.9. The first-order valence-electron chi connectivity index (χ1n) is 7.50. The summed E-state index contributed by atoms with van der Waals surface area (Å²) in [4.78, 5) is 23.4. The van der Waals surface area contributed by atoms with E-state index in [2.05, 4.69) is 10.1 Å². The summed E-state index contributed by atoms with van der Waals surface area (Å²) in [6.07, 6.45) is -5.27. The number of carbonyl (C=O) groups excluding carboxylic acids is 1. The lowest BCUT2D eigenvalue weighted by Crippen LogP contribution is -2.30. The summed E-state index contributed by atoms with van der Waals surface area (Å²) in [6, 6.07) is 5.22. The molecule has 0 saturated carbocycles. The van der Waals surface area contributed by atoms with E-state index < -0.39 is 36.5 Å². The lowest BCUT2D eigenvalue weighted by Gasteiger charge is -2.18. The highest BCUT2D eigenvalue weighted by Gasteiger charge is 2.31. The smallest absolute Gasteiger partial charge is 0.481 e. The number of furan rings is 1. The zero-order chi connectivity index (χ0) is 19.5. The molecule has 0 aliphatic carbocycles. The van der Waals surface area contributed by atoms with Crippen LogP contribution in [0.15, 0.2) is 34.7 Å². The number of nitrogens with one attached hydrogen (secondary N) is 1. The van der Waals surface area contributed by atoms with Crippen molar-refractivity contribution >= 4 is 11.9 Å². The number of carbonyl (C=O) groups is 2. The molecule has 140 valence electrons. The van der Waals surface area contributed by atoms with E-state index in [-0.39, 0.29) is 5.56 Å². The van der Waals surface area contributed by atoms with Gasteiger partial charge in [-0.3, -0.25) is 9.59 Å². The van der Waals surface area contributed by atoms with Crippen molar-refractivity contribution in [3.05, 3.63) is 53.0 Å². The molecule has 26 heavy (non-hydrogen) atoms. The highest BCUT2D eigenvalue weighted by Crippen LogP contribution is 2.26. The van der Waals surface area contributed by atoms with Gasteiger partial charge in [-0.15, -0.1) is 13.2 Å². The van der Waals surface area contributed by atoms with Crippen LogP contribution >= 0.6 is 0 Å². The molecule has 0 aliphatic heterocycles. The molecule has 1 heterocycles. The maximum absolute atomic E-state index is 12.4. The molecule has 0 saturated heterocycles. The third-order valence-corrected chi connectivity index (χ3v) is 3.49. The van der Waals surface area contributed by atoms with Crippen LogP contribution in [0, 0.1) is 13.8 Å². The number of hydrogen-bond acceptors (Lipinski definition) is 4. The number of aliphatic carboxylic acids is 1. The van der Waals surface area contributed by atoms with Crippen LogP contribution < -0.4 is 10.1 Å². The minimum Gasteiger partial charge on any atom is -0.481 e. The number of rotatable bonds is 6. The lowest BCUT2D eigenvalue weighted by molar-refractivity contribution is -0.274. The van der Waals surface area contributed by atoms with E-state index in [1.54, 1.807) is 13.8 Å². The number of benzene rings is 1. The molecule has 2 N–H and O–H groups in total. The van der Waals surface area contributed by atoms with Gasteiger partial charge in [0.15, 0.2) is 0 Å². The molecule has 1 unspecified atom stereocenters. The van der Waals surface area contributed by atoms with Crippen molar-refractivity contribution in [1.29, 1.82) is 0 Å². The number of hydrogen-bond donors (Lipinski definition) is 2. The van der Waals surface area contributed by atoms with Gasteiger partial charge < -0.3 is 19.6 Å². The first-order valence-corrected chi connectivity index (χ1v) is 7.50. The van der Waals surface area contributed by atoms with E-state index in [9.17, 15) is 22.8 Å². The van der Waals surface area contributed by atoms with Crippen LogP contribution in [-0.2, 0) is 4.79 Å². The molecular weight excluding hydrogens is 355 g/mol. The molecule has 6 nitrogen and oxygen atoms in total. The third kappa shape index (κ3) is 5.27. The summed E-state index contributed by atoms with van der Waals surface area (Å²) < 4.78 is 45.7. The predicted octanol–water partition coefficient (Wildman–Crippen LogP) is 3.74. The van der Waals surface area contributed by atoms with Gasteiger partial charge in [-0.25, -0.2) is 0 Å². The van der Waals surface area contributed by atoms with Gasteiger partial charge in [-0.1, -0.05) is 12.1 Å². The van der Waals surface area contributed by atoms with Crippen molar-refractivity contribution < 1.29 is 37.0 Å². The van der Waals surface area contributed by atoms with Crippen molar-refractivity contribution in [1.82, 2.24) is 5.32 Å². The Morgan fingerprint density at radius 2 is 1.85 bits per heavy atom. The summed E-state index contributed by atoms with van der Waals surface area (Å²) >= 11 is 0. The molecule has 1 aromatic carbocycles. The molecule has 2 rings (SSSR count). The fourth-order valence-electron chi connectivity index (χ4n) is 2.42. The fraction of sp³-hybridized carbons (Fsp3) is 0.294. The van der Waals surface area contributed by atoms with Gasteiger partial charge in [0.1, 0.15) is 17.3 Å². The summed E-state index contributed by atoms with van der Waals surface area (Å²) in [7, 11) is 0. The number of carboxylic acid groups (broad SMARTS) is 1. The molecule has 0 bridgehead atoms. The Morgan fingerprint density at radius 3 is 2.31 bits per heavy atom. The average Bonchev–Trinajstić information content (AvgIpc) is 2.84. The molecule has 1 amide bonds. The van der Waals surface area contributed by atoms with Gasteiger partial charge in [-0.2, -0.15) is 0 Å². The maximum atomic E-state index is 12.4. The van der Waals surface area contributed by atoms with Gasteiger partial charge in [0.05, 0.1) is 18.0 Å². The quantitative estimate of drug-likeness (QED) is 0.808. The van der Waals surface area contributed by atoms with Crippen molar-refractivity contribution in [3.8, 4) is 5.75 Å². The molecule has 0 fully saturated rings. The Labute approximate surface area is 146 Å². The van der Waals surface area contributed by atoms with Gasteiger partial charge in [0.2, 0.25) is 0 Å². The number of carboxylic acids is 1. The fourth-order valence-corrected chi connectivity index (χ4v) is 2.42. The van der Waals surface area contributed by atoms with E-state index in [1.807, 2.05) is 0 Å². The van der Waals surface area contributed by atoms with E-state index in [0.29, 0.717) is 17.1 Å². The zero-order valence-electron chi connectivity index (χ0n) is 13.9. The molecule has 0 aliphatic rings. The predicted molar refractivity (Wildman–Crippen MR) is 83.8 cm³/mol. The highest BCUT2D eigenvalue weighted by molar-refractivity contribution is 5.95. The molecular formula is C17H16F3NO5. The number of amides is 1. The van der Waals surface area contributed by atoms with Crippen LogP contribution in [0.1, 0.15) is 39.9 Å². The Balaban J connectivity index is 2.20. The van der Waals surface area contributed by atoms with Crippen molar-refractivity contribution in [2.75, 3.05) is 0 Å². The second-order valence-electron chi connectivity index (χ2n) is 5.57. The van der Waals surface area contributed by atoms with Gasteiger partial charge in [0.25, 0.3) is 5.91 Å².